The van der Waals surface area contributed by atoms with Gasteiger partial charge in [0.2, 0.25) is 5.89 Å². The molecule has 0 unspecified atom stereocenters. The monoisotopic (exact) mass is 425 g/mol. The van der Waals surface area contributed by atoms with E-state index < -0.39 is 0 Å². The Hall–Kier alpha value is -3.60. The second kappa shape index (κ2) is 8.87. The van der Waals surface area contributed by atoms with Crippen molar-refractivity contribution in [1.29, 1.82) is 0 Å². The molecule has 0 atom stereocenters. The number of oxazole rings is 1. The highest BCUT2D eigenvalue weighted by molar-refractivity contribution is 5.73. The van der Waals surface area contributed by atoms with Gasteiger partial charge in [-0.1, -0.05) is 42.1 Å². The first-order chi connectivity index (χ1) is 15.7. The maximum atomic E-state index is 6.23. The Kier molecular flexibility index (Phi) is 5.63. The molecule has 0 saturated carbocycles. The number of nitrogens with zero attached hydrogens (tertiary/aromatic N) is 2. The third-order valence-electron chi connectivity index (χ3n) is 5.87. The Balaban J connectivity index is 1.27. The quantitative estimate of drug-likeness (QED) is 0.343. The number of benzene rings is 2. The van der Waals surface area contributed by atoms with Crippen molar-refractivity contribution in [3.8, 4) is 17.2 Å². The van der Waals surface area contributed by atoms with E-state index in [0.717, 1.165) is 47.6 Å². The Labute approximate surface area is 187 Å². The lowest BCUT2D eigenvalue weighted by molar-refractivity contribution is 0.316. The van der Waals surface area contributed by atoms with Crippen molar-refractivity contribution in [3.05, 3.63) is 94.7 Å². The van der Waals surface area contributed by atoms with Crippen LogP contribution in [0.4, 0.5) is 0 Å². The number of aryl methyl sites for hydroxylation is 2. The van der Waals surface area contributed by atoms with Crippen molar-refractivity contribution < 1.29 is 13.7 Å². The molecule has 0 radical (unpaired) electrons. The largest absolute Gasteiger partial charge is 0.493 e. The minimum absolute atomic E-state index is 0.551. The average molecular weight is 426 g/mol. The zero-order valence-corrected chi connectivity index (χ0v) is 18.4. The molecule has 2 aromatic carbocycles. The molecule has 0 fully saturated rings. The lowest BCUT2D eigenvalue weighted by Gasteiger charge is -2.21. The summed E-state index contributed by atoms with van der Waals surface area (Å²) in [6.45, 7) is 4.58. The van der Waals surface area contributed by atoms with E-state index in [9.17, 15) is 0 Å². The molecule has 1 aliphatic carbocycles. The molecule has 1 aliphatic rings. The molecule has 0 saturated heterocycles. The van der Waals surface area contributed by atoms with Gasteiger partial charge in [-0.15, -0.1) is 0 Å². The van der Waals surface area contributed by atoms with Crippen molar-refractivity contribution in [1.82, 2.24) is 10.1 Å². The summed E-state index contributed by atoms with van der Waals surface area (Å²) in [5, 5.41) is 3.70. The maximum Gasteiger partial charge on any atom is 0.226 e. The highest BCUT2D eigenvalue weighted by Gasteiger charge is 2.17. The summed E-state index contributed by atoms with van der Waals surface area (Å²) in [6.07, 6.45) is 10.3. The molecular formula is C27H25N2O3-. The van der Waals surface area contributed by atoms with Gasteiger partial charge in [0, 0.05) is 17.5 Å². The number of hydrogen-bond donors (Lipinski definition) is 0. The summed E-state index contributed by atoms with van der Waals surface area (Å²) in [5.41, 5.74) is 7.88. The average Bonchev–Trinajstić information content (AvgIpc) is 3.45. The van der Waals surface area contributed by atoms with Crippen molar-refractivity contribution in [2.24, 2.45) is 0 Å². The van der Waals surface area contributed by atoms with E-state index >= 15 is 0 Å². The van der Waals surface area contributed by atoms with Crippen LogP contribution in [0.1, 0.15) is 40.1 Å². The number of ether oxygens (including phenoxy) is 1. The first kappa shape index (κ1) is 20.3. The minimum atomic E-state index is 0.551. The molecule has 0 amide bonds. The van der Waals surface area contributed by atoms with E-state index in [2.05, 4.69) is 54.7 Å². The van der Waals surface area contributed by atoms with Crippen LogP contribution >= 0.6 is 0 Å². The van der Waals surface area contributed by atoms with Gasteiger partial charge in [0.25, 0.3) is 0 Å². The third-order valence-corrected chi connectivity index (χ3v) is 5.87. The van der Waals surface area contributed by atoms with Gasteiger partial charge < -0.3 is 13.7 Å². The topological polar surface area (TPSA) is 61.3 Å². The molecule has 5 heteroatoms. The summed E-state index contributed by atoms with van der Waals surface area (Å²) < 4.78 is 17.1. The maximum absolute atomic E-state index is 6.23. The second-order valence-electron chi connectivity index (χ2n) is 8.17. The normalized spacial score (nSPS) is 13.0. The fourth-order valence-electron chi connectivity index (χ4n) is 4.15. The molecule has 0 N–H and O–H groups in total. The Morgan fingerprint density at radius 1 is 1.09 bits per heavy atom. The predicted molar refractivity (Wildman–Crippen MR) is 122 cm³/mol. The standard InChI is InChI=1S/C27H25N2O3/c1-18-9-11-21(12-10-18)27-29-25(19(2)32-27)13-14-30-26-8-4-6-23-22(5-3-7-24(23)26)15-20-16-28-31-17-20/h4-6,8-12,17H,3,7,13-15H2,1-2H3/q-1. The molecule has 32 heavy (non-hydrogen) atoms. The van der Waals surface area contributed by atoms with E-state index in [1.807, 2.05) is 19.1 Å². The fourth-order valence-corrected chi connectivity index (χ4v) is 4.15. The van der Waals surface area contributed by atoms with Crippen molar-refractivity contribution in [2.45, 2.75) is 39.5 Å². The van der Waals surface area contributed by atoms with Crippen LogP contribution < -0.4 is 4.74 Å². The zero-order valence-electron chi connectivity index (χ0n) is 18.4. The number of aromatic nitrogens is 2. The van der Waals surface area contributed by atoms with Crippen LogP contribution in [-0.4, -0.2) is 16.7 Å². The van der Waals surface area contributed by atoms with E-state index in [1.165, 1.54) is 22.3 Å². The van der Waals surface area contributed by atoms with Crippen LogP contribution in [0.15, 0.2) is 63.7 Å². The van der Waals surface area contributed by atoms with Gasteiger partial charge in [-0.2, -0.15) is 5.56 Å². The molecule has 4 aromatic rings. The van der Waals surface area contributed by atoms with Gasteiger partial charge in [0.1, 0.15) is 11.5 Å². The summed E-state index contributed by atoms with van der Waals surface area (Å²) in [5.74, 6) is 2.45. The van der Waals surface area contributed by atoms with Crippen LogP contribution in [0.5, 0.6) is 5.75 Å². The molecule has 2 aromatic heterocycles. The molecule has 0 bridgehead atoms. The second-order valence-corrected chi connectivity index (χ2v) is 8.17. The van der Waals surface area contributed by atoms with Gasteiger partial charge in [-0.3, -0.25) is 0 Å². The number of hydrogen-bond acceptors (Lipinski definition) is 5. The van der Waals surface area contributed by atoms with E-state index in [-0.39, 0.29) is 0 Å². The van der Waals surface area contributed by atoms with E-state index in [0.29, 0.717) is 18.9 Å². The zero-order chi connectivity index (χ0) is 21.9. The molecule has 162 valence electrons. The number of allylic oxidation sites excluding steroid dienone is 2. The summed E-state index contributed by atoms with van der Waals surface area (Å²) in [6, 6.07) is 14.5. The Morgan fingerprint density at radius 3 is 2.78 bits per heavy atom. The van der Waals surface area contributed by atoms with Gasteiger partial charge in [-0.05, 0) is 68.7 Å². The summed E-state index contributed by atoms with van der Waals surface area (Å²) in [4.78, 5) is 4.71. The van der Waals surface area contributed by atoms with Gasteiger partial charge in [0.15, 0.2) is 0 Å². The van der Waals surface area contributed by atoms with Gasteiger partial charge in [-0.25, -0.2) is 10.1 Å². The third kappa shape index (κ3) is 4.24. The van der Waals surface area contributed by atoms with Crippen molar-refractivity contribution in [2.75, 3.05) is 6.61 Å². The SMILES string of the molecule is Cc1ccc(-c2nc(CCOc3cccc4c3CCC=C4Cc3[c-]noc3)c(C)o2)cc1. The summed E-state index contributed by atoms with van der Waals surface area (Å²) in [7, 11) is 0. The predicted octanol–water partition coefficient (Wildman–Crippen LogP) is 5.94. The van der Waals surface area contributed by atoms with Crippen LogP contribution in [0, 0.1) is 20.0 Å². The molecular weight excluding hydrogens is 400 g/mol. The van der Waals surface area contributed by atoms with Gasteiger partial charge in [0.05, 0.1) is 12.3 Å². The smallest absolute Gasteiger partial charge is 0.226 e. The van der Waals surface area contributed by atoms with Crippen molar-refractivity contribution in [3.63, 3.8) is 0 Å². The Morgan fingerprint density at radius 2 is 1.97 bits per heavy atom. The lowest BCUT2D eigenvalue weighted by Crippen LogP contribution is -2.08. The Bertz CT molecular complexity index is 1230. The van der Waals surface area contributed by atoms with E-state index in [1.54, 1.807) is 6.26 Å². The highest BCUT2D eigenvalue weighted by Crippen LogP contribution is 2.35. The highest BCUT2D eigenvalue weighted by atomic mass is 16.5. The summed E-state index contributed by atoms with van der Waals surface area (Å²) >= 11 is 0. The molecule has 2 heterocycles. The van der Waals surface area contributed by atoms with E-state index in [4.69, 9.17) is 18.7 Å². The molecule has 5 rings (SSSR count). The van der Waals surface area contributed by atoms with Crippen LogP contribution in [0.2, 0.25) is 0 Å². The first-order valence-electron chi connectivity index (χ1n) is 11.0. The minimum Gasteiger partial charge on any atom is -0.493 e. The van der Waals surface area contributed by atoms with Crippen LogP contribution in [0.25, 0.3) is 17.0 Å². The van der Waals surface area contributed by atoms with Crippen LogP contribution in [-0.2, 0) is 19.3 Å². The first-order valence-corrected chi connectivity index (χ1v) is 11.0. The van der Waals surface area contributed by atoms with Crippen LogP contribution in [0.3, 0.4) is 0 Å². The fraction of sp³-hybridized carbons (Fsp3) is 0.259. The number of fused-ring (bicyclic) bond motifs is 1. The molecule has 0 spiro atoms. The molecule has 5 nitrogen and oxygen atoms in total. The van der Waals surface area contributed by atoms with Crippen molar-refractivity contribution >= 4 is 5.57 Å². The lowest BCUT2D eigenvalue weighted by atomic mass is 9.87. The number of rotatable bonds is 7. The molecule has 0 aliphatic heterocycles. The van der Waals surface area contributed by atoms with Gasteiger partial charge >= 0.3 is 0 Å².